The van der Waals surface area contributed by atoms with E-state index in [-0.39, 0.29) is 17.1 Å². The van der Waals surface area contributed by atoms with Crippen LogP contribution in [0.3, 0.4) is 0 Å². The smallest absolute Gasteiger partial charge is 0.336 e. The molecule has 0 saturated carbocycles. The molecule has 0 spiro atoms. The third-order valence-corrected chi connectivity index (χ3v) is 4.98. The van der Waals surface area contributed by atoms with Gasteiger partial charge in [0.1, 0.15) is 41.5 Å². The number of benzene rings is 2. The van der Waals surface area contributed by atoms with E-state index in [9.17, 15) is 30.3 Å². The Balaban J connectivity index is 1.73. The van der Waals surface area contributed by atoms with Gasteiger partial charge in [-0.1, -0.05) is 30.3 Å². The summed E-state index contributed by atoms with van der Waals surface area (Å²) in [4.78, 5) is 12.1. The van der Waals surface area contributed by atoms with Crippen molar-refractivity contribution in [1.29, 1.82) is 0 Å². The maximum Gasteiger partial charge on any atom is 0.336 e. The molecule has 1 aliphatic rings. The van der Waals surface area contributed by atoms with Gasteiger partial charge in [0.25, 0.3) is 0 Å². The summed E-state index contributed by atoms with van der Waals surface area (Å²) in [6.07, 6.45) is -7.35. The van der Waals surface area contributed by atoms with Crippen molar-refractivity contribution in [2.75, 3.05) is 6.61 Å². The fourth-order valence-electron chi connectivity index (χ4n) is 3.47. The summed E-state index contributed by atoms with van der Waals surface area (Å²) in [5, 5.41) is 50.0. The molecular formula is C21H20O9. The van der Waals surface area contributed by atoms with Crippen LogP contribution in [0.5, 0.6) is 11.5 Å². The Bertz CT molecular complexity index is 1090. The van der Waals surface area contributed by atoms with E-state index in [0.717, 1.165) is 0 Å². The molecule has 2 heterocycles. The molecule has 0 amide bonds. The molecule has 1 fully saturated rings. The first kappa shape index (κ1) is 20.3. The highest BCUT2D eigenvalue weighted by Crippen LogP contribution is 2.37. The van der Waals surface area contributed by atoms with Crippen molar-refractivity contribution < 1.29 is 39.4 Å². The van der Waals surface area contributed by atoms with Crippen LogP contribution in [0.2, 0.25) is 0 Å². The number of phenols is 1. The van der Waals surface area contributed by atoms with E-state index >= 15 is 0 Å². The Hall–Kier alpha value is -2.95. The number of fused-ring (bicyclic) bond motifs is 1. The zero-order valence-electron chi connectivity index (χ0n) is 15.6. The molecule has 5 unspecified atom stereocenters. The summed E-state index contributed by atoms with van der Waals surface area (Å²) in [7, 11) is 0. The van der Waals surface area contributed by atoms with Gasteiger partial charge >= 0.3 is 5.63 Å². The normalized spacial score (nSPS) is 26.6. The molecule has 9 heteroatoms. The summed E-state index contributed by atoms with van der Waals surface area (Å²) in [5.74, 6) is -0.257. The first-order valence-corrected chi connectivity index (χ1v) is 9.22. The quantitative estimate of drug-likeness (QED) is 0.380. The van der Waals surface area contributed by atoms with Crippen molar-refractivity contribution in [3.05, 3.63) is 59.0 Å². The van der Waals surface area contributed by atoms with Crippen molar-refractivity contribution in [1.82, 2.24) is 0 Å². The summed E-state index contributed by atoms with van der Waals surface area (Å²) in [6, 6.07) is 12.8. The van der Waals surface area contributed by atoms with Crippen molar-refractivity contribution in [2.45, 2.75) is 30.7 Å². The Morgan fingerprint density at radius 3 is 2.40 bits per heavy atom. The number of ether oxygens (including phenoxy) is 2. The molecule has 3 aromatic rings. The Morgan fingerprint density at radius 2 is 1.70 bits per heavy atom. The lowest BCUT2D eigenvalue weighted by Gasteiger charge is -2.39. The van der Waals surface area contributed by atoms with Gasteiger partial charge in [0, 0.05) is 23.8 Å². The third-order valence-electron chi connectivity index (χ3n) is 4.98. The van der Waals surface area contributed by atoms with Gasteiger partial charge < -0.3 is 39.4 Å². The van der Waals surface area contributed by atoms with E-state index in [1.807, 2.05) is 6.07 Å². The Morgan fingerprint density at radius 1 is 0.967 bits per heavy atom. The molecule has 158 valence electrons. The van der Waals surface area contributed by atoms with Gasteiger partial charge in [-0.05, 0) is 5.56 Å². The number of hydrogen-bond donors (Lipinski definition) is 5. The van der Waals surface area contributed by atoms with Crippen molar-refractivity contribution in [3.63, 3.8) is 0 Å². The maximum atomic E-state index is 12.1. The second-order valence-corrected chi connectivity index (χ2v) is 6.98. The van der Waals surface area contributed by atoms with Crippen molar-refractivity contribution in [3.8, 4) is 22.6 Å². The van der Waals surface area contributed by atoms with Crippen LogP contribution in [0.25, 0.3) is 22.1 Å². The van der Waals surface area contributed by atoms with E-state index in [4.69, 9.17) is 13.9 Å². The zero-order chi connectivity index (χ0) is 21.4. The minimum absolute atomic E-state index is 0.0160. The molecule has 0 aliphatic carbocycles. The van der Waals surface area contributed by atoms with Crippen molar-refractivity contribution in [2.24, 2.45) is 0 Å². The third kappa shape index (κ3) is 3.64. The highest BCUT2D eigenvalue weighted by atomic mass is 16.7. The number of rotatable bonds is 4. The van der Waals surface area contributed by atoms with E-state index in [1.165, 1.54) is 18.2 Å². The number of aliphatic hydroxyl groups is 4. The Labute approximate surface area is 170 Å². The fraction of sp³-hybridized carbons (Fsp3) is 0.286. The molecule has 4 rings (SSSR count). The maximum absolute atomic E-state index is 12.1. The number of aliphatic hydroxyl groups excluding tert-OH is 4. The Kier molecular flexibility index (Phi) is 5.46. The molecule has 5 N–H and O–H groups in total. The van der Waals surface area contributed by atoms with E-state index in [0.29, 0.717) is 16.5 Å². The SMILES string of the molecule is O=c1cc(-c2ccccc2)c2c(O)cc(OC3OC(CO)C(O)C(O)C3O)cc2o1. The van der Waals surface area contributed by atoms with Crippen molar-refractivity contribution >= 4 is 11.0 Å². The van der Waals surface area contributed by atoms with Gasteiger partial charge in [-0.3, -0.25) is 0 Å². The molecule has 9 nitrogen and oxygen atoms in total. The summed E-state index contributed by atoms with van der Waals surface area (Å²) < 4.78 is 16.0. The number of phenolic OH excluding ortho intramolecular Hbond substituents is 1. The topological polar surface area (TPSA) is 150 Å². The summed E-state index contributed by atoms with van der Waals surface area (Å²) >= 11 is 0. The minimum Gasteiger partial charge on any atom is -0.507 e. The summed E-state index contributed by atoms with van der Waals surface area (Å²) in [6.45, 7) is -0.608. The second kappa shape index (κ2) is 8.05. The van der Waals surface area contributed by atoms with Crippen LogP contribution in [0.15, 0.2) is 57.7 Å². The molecule has 1 aromatic heterocycles. The zero-order valence-corrected chi connectivity index (χ0v) is 15.6. The van der Waals surface area contributed by atoms with Crippen LogP contribution in [0.1, 0.15) is 0 Å². The van der Waals surface area contributed by atoms with Gasteiger partial charge in [0.2, 0.25) is 6.29 Å². The second-order valence-electron chi connectivity index (χ2n) is 6.98. The first-order chi connectivity index (χ1) is 14.4. The number of aromatic hydroxyl groups is 1. The number of hydrogen-bond acceptors (Lipinski definition) is 9. The predicted molar refractivity (Wildman–Crippen MR) is 104 cm³/mol. The largest absolute Gasteiger partial charge is 0.507 e. The molecule has 30 heavy (non-hydrogen) atoms. The lowest BCUT2D eigenvalue weighted by atomic mass is 9.99. The van der Waals surface area contributed by atoms with Gasteiger partial charge in [0.05, 0.1) is 12.0 Å². The van der Waals surface area contributed by atoms with E-state index < -0.39 is 42.9 Å². The standard InChI is InChI=1S/C21H20O9/c22-9-15-18(25)19(26)20(27)21(30-15)28-11-6-13(23)17-12(10-4-2-1-3-5-10)8-16(24)29-14(17)7-11/h1-8,15,18-23,25-27H,9H2. The molecule has 0 radical (unpaired) electrons. The van der Waals surface area contributed by atoms with Gasteiger partial charge in [-0.2, -0.15) is 0 Å². The monoisotopic (exact) mass is 416 g/mol. The van der Waals surface area contributed by atoms with Gasteiger partial charge in [0.15, 0.2) is 0 Å². The van der Waals surface area contributed by atoms with Crippen LogP contribution in [-0.2, 0) is 4.74 Å². The average Bonchev–Trinajstić information content (AvgIpc) is 2.74. The molecule has 1 saturated heterocycles. The summed E-state index contributed by atoms with van der Waals surface area (Å²) in [5.41, 5.74) is 0.582. The average molecular weight is 416 g/mol. The fourth-order valence-corrected chi connectivity index (χ4v) is 3.47. The predicted octanol–water partition coefficient (Wildman–Crippen LogP) is 0.344. The molecule has 2 aromatic carbocycles. The van der Waals surface area contributed by atoms with Crippen LogP contribution < -0.4 is 10.4 Å². The van der Waals surface area contributed by atoms with Crippen LogP contribution in [0.4, 0.5) is 0 Å². The van der Waals surface area contributed by atoms with E-state index in [1.54, 1.807) is 24.3 Å². The lowest BCUT2D eigenvalue weighted by Crippen LogP contribution is -2.60. The van der Waals surface area contributed by atoms with Gasteiger partial charge in [-0.15, -0.1) is 0 Å². The highest BCUT2D eigenvalue weighted by Gasteiger charge is 2.44. The van der Waals surface area contributed by atoms with E-state index in [2.05, 4.69) is 0 Å². The van der Waals surface area contributed by atoms with Crippen LogP contribution in [-0.4, -0.2) is 62.8 Å². The first-order valence-electron chi connectivity index (χ1n) is 9.22. The highest BCUT2D eigenvalue weighted by molar-refractivity contribution is 5.98. The molecule has 5 atom stereocenters. The molecule has 1 aliphatic heterocycles. The van der Waals surface area contributed by atoms with Gasteiger partial charge in [-0.25, -0.2) is 4.79 Å². The van der Waals surface area contributed by atoms with Crippen LogP contribution in [0, 0.1) is 0 Å². The molecular weight excluding hydrogens is 396 g/mol. The lowest BCUT2D eigenvalue weighted by molar-refractivity contribution is -0.277. The van der Waals surface area contributed by atoms with Crippen LogP contribution >= 0.6 is 0 Å². The minimum atomic E-state index is -1.62. The molecule has 0 bridgehead atoms.